The summed E-state index contributed by atoms with van der Waals surface area (Å²) in [4.78, 5) is 40.7. The number of aromatic hydroxyl groups is 1. The molecule has 0 saturated heterocycles. The maximum atomic E-state index is 13.9. The Bertz CT molecular complexity index is 1650. The van der Waals surface area contributed by atoms with Crippen LogP contribution in [0.4, 0.5) is 0 Å². The van der Waals surface area contributed by atoms with E-state index in [-0.39, 0.29) is 29.7 Å². The fraction of sp³-hybridized carbons (Fsp3) is 0.276. The molecule has 0 spiro atoms. The first-order chi connectivity index (χ1) is 18.5. The van der Waals surface area contributed by atoms with Gasteiger partial charge in [-0.05, 0) is 62.7 Å². The van der Waals surface area contributed by atoms with Crippen molar-refractivity contribution in [1.82, 2.24) is 4.90 Å². The predicted molar refractivity (Wildman–Crippen MR) is 139 cm³/mol. The Labute approximate surface area is 222 Å². The van der Waals surface area contributed by atoms with Crippen LogP contribution in [-0.4, -0.2) is 68.5 Å². The molecular weight excluding hydrogens is 504 g/mol. The van der Waals surface area contributed by atoms with Gasteiger partial charge in [-0.1, -0.05) is 18.2 Å². The number of carbonyl (C=O) groups excluding carboxylic acids is 3. The minimum atomic E-state index is -2.67. The molecule has 0 bridgehead atoms. The second-order valence-electron chi connectivity index (χ2n) is 10.6. The van der Waals surface area contributed by atoms with Gasteiger partial charge >= 0.3 is 0 Å². The van der Waals surface area contributed by atoms with Crippen molar-refractivity contribution in [3.63, 3.8) is 0 Å². The van der Waals surface area contributed by atoms with Crippen LogP contribution in [0.15, 0.2) is 63.8 Å². The van der Waals surface area contributed by atoms with Crippen LogP contribution in [0.2, 0.25) is 0 Å². The Morgan fingerprint density at radius 2 is 1.82 bits per heavy atom. The fourth-order valence-corrected chi connectivity index (χ4v) is 6.59. The van der Waals surface area contributed by atoms with Gasteiger partial charge in [0.2, 0.25) is 5.78 Å². The number of carbonyl (C=O) groups is 3. The maximum absolute atomic E-state index is 13.9. The van der Waals surface area contributed by atoms with E-state index in [9.17, 15) is 34.8 Å². The van der Waals surface area contributed by atoms with Gasteiger partial charge in [-0.15, -0.1) is 0 Å². The number of Topliss-reactive ketones (excluding diaryl/α,β-unsaturated/α-hetero) is 2. The SMILES string of the molecule is CN(C)[C@H]1C(=O)C(C(N)=O)=C(O)[C@@]2(O)C(=O)C3=C(O)c4c(O)ccc(-c5cc6ccccc6o5)c4C[C@H]3C[C@@H]12. The maximum Gasteiger partial charge on any atom is 0.255 e. The molecule has 6 N–H and O–H groups in total. The largest absolute Gasteiger partial charge is 0.508 e. The van der Waals surface area contributed by atoms with Crippen molar-refractivity contribution < 1.29 is 39.2 Å². The van der Waals surface area contributed by atoms with Gasteiger partial charge in [0.1, 0.15) is 34.2 Å². The molecule has 0 unspecified atom stereocenters. The average molecular weight is 531 g/mol. The Hall–Kier alpha value is -4.41. The summed E-state index contributed by atoms with van der Waals surface area (Å²) in [5, 5.41) is 45.7. The summed E-state index contributed by atoms with van der Waals surface area (Å²) in [5.74, 6) is -6.34. The van der Waals surface area contributed by atoms with Crippen molar-refractivity contribution in [3.8, 4) is 17.1 Å². The summed E-state index contributed by atoms with van der Waals surface area (Å²) in [6.07, 6.45) is 0.191. The highest BCUT2D eigenvalue weighted by Gasteiger charge is 2.64. The molecule has 10 nitrogen and oxygen atoms in total. The van der Waals surface area contributed by atoms with Crippen LogP contribution >= 0.6 is 0 Å². The number of fused-ring (bicyclic) bond motifs is 4. The number of aliphatic hydroxyl groups excluding tert-OH is 2. The van der Waals surface area contributed by atoms with Crippen LogP contribution in [-0.2, 0) is 20.8 Å². The summed E-state index contributed by atoms with van der Waals surface area (Å²) in [6, 6.07) is 11.2. The molecule has 1 amide bonds. The van der Waals surface area contributed by atoms with Crippen LogP contribution < -0.4 is 5.73 Å². The quantitative estimate of drug-likeness (QED) is 0.318. The lowest BCUT2D eigenvalue weighted by molar-refractivity contribution is -0.153. The normalized spacial score (nSPS) is 26.6. The van der Waals surface area contributed by atoms with E-state index in [2.05, 4.69) is 0 Å². The highest BCUT2D eigenvalue weighted by Crippen LogP contribution is 2.53. The van der Waals surface area contributed by atoms with Crippen molar-refractivity contribution in [2.24, 2.45) is 17.6 Å². The van der Waals surface area contributed by atoms with E-state index in [4.69, 9.17) is 10.2 Å². The van der Waals surface area contributed by atoms with E-state index >= 15 is 0 Å². The van der Waals surface area contributed by atoms with Crippen LogP contribution in [0.3, 0.4) is 0 Å². The number of nitrogens with zero attached hydrogens (tertiary/aromatic N) is 1. The van der Waals surface area contributed by atoms with Crippen LogP contribution in [0.1, 0.15) is 17.5 Å². The van der Waals surface area contributed by atoms with Crippen molar-refractivity contribution in [3.05, 3.63) is 70.5 Å². The highest BCUT2D eigenvalue weighted by atomic mass is 16.4. The number of ketones is 2. The number of hydrogen-bond acceptors (Lipinski definition) is 9. The molecule has 6 rings (SSSR count). The van der Waals surface area contributed by atoms with Crippen LogP contribution in [0, 0.1) is 11.8 Å². The van der Waals surface area contributed by atoms with Gasteiger partial charge in [0.05, 0.1) is 11.6 Å². The van der Waals surface area contributed by atoms with Crippen molar-refractivity contribution in [1.29, 1.82) is 0 Å². The van der Waals surface area contributed by atoms with E-state index < -0.39 is 58.0 Å². The second kappa shape index (κ2) is 8.29. The van der Waals surface area contributed by atoms with E-state index in [0.29, 0.717) is 22.5 Å². The molecule has 1 fully saturated rings. The number of amides is 1. The van der Waals surface area contributed by atoms with Gasteiger partial charge in [-0.25, -0.2) is 0 Å². The van der Waals surface area contributed by atoms with E-state index in [0.717, 1.165) is 5.39 Å². The average Bonchev–Trinajstić information content (AvgIpc) is 3.30. The number of primary amides is 1. The van der Waals surface area contributed by atoms with Crippen LogP contribution in [0.5, 0.6) is 5.75 Å². The number of rotatable bonds is 3. The number of para-hydroxylation sites is 1. The zero-order valence-electron chi connectivity index (χ0n) is 21.1. The van der Waals surface area contributed by atoms with Gasteiger partial charge in [0.25, 0.3) is 5.91 Å². The van der Waals surface area contributed by atoms with Gasteiger partial charge < -0.3 is 30.6 Å². The number of nitrogens with two attached hydrogens (primary N) is 1. The van der Waals surface area contributed by atoms with E-state index in [1.807, 2.05) is 30.3 Å². The molecular formula is C29H26N2O8. The standard InChI is InChI=1S/C29H26N2O8/c1-31(2)23-16-10-13-9-15-14(19-11-12-5-3-4-6-18(12)39-19)7-8-17(32)21(15)24(33)20(13)26(35)29(16,38)27(36)22(25(23)34)28(30)37/h3-8,11,13,16,23,32-33,36,38H,9-10H2,1-2H3,(H2,30,37)/t13-,16-,23+,29-/m0/s1. The fourth-order valence-electron chi connectivity index (χ4n) is 6.59. The molecule has 3 aliphatic rings. The van der Waals surface area contributed by atoms with Crippen molar-refractivity contribution in [2.45, 2.75) is 24.5 Å². The van der Waals surface area contributed by atoms with E-state index in [1.165, 1.54) is 11.0 Å². The Kier molecular flexibility index (Phi) is 5.29. The molecule has 1 saturated carbocycles. The van der Waals surface area contributed by atoms with E-state index in [1.54, 1.807) is 20.2 Å². The first kappa shape index (κ1) is 24.9. The van der Waals surface area contributed by atoms with Crippen LogP contribution in [0.25, 0.3) is 28.1 Å². The molecule has 2 aromatic carbocycles. The topological polar surface area (TPSA) is 175 Å². The minimum Gasteiger partial charge on any atom is -0.508 e. The number of likely N-dealkylation sites (N-methyl/N-ethyl adjacent to an activating group) is 1. The summed E-state index contributed by atoms with van der Waals surface area (Å²) < 4.78 is 6.04. The highest BCUT2D eigenvalue weighted by molar-refractivity contribution is 6.24. The summed E-state index contributed by atoms with van der Waals surface area (Å²) in [7, 11) is 3.12. The lowest BCUT2D eigenvalue weighted by atomic mass is 9.57. The molecule has 10 heteroatoms. The Morgan fingerprint density at radius 1 is 1.10 bits per heavy atom. The molecule has 0 radical (unpaired) electrons. The zero-order valence-corrected chi connectivity index (χ0v) is 21.1. The third-order valence-electron chi connectivity index (χ3n) is 8.30. The molecule has 1 heterocycles. The lowest BCUT2D eigenvalue weighted by Gasteiger charge is -2.50. The van der Waals surface area contributed by atoms with Gasteiger partial charge in [-0.2, -0.15) is 0 Å². The summed E-state index contributed by atoms with van der Waals surface area (Å²) in [5.41, 5.74) is 3.48. The van der Waals surface area contributed by atoms with Gasteiger partial charge in [-0.3, -0.25) is 19.3 Å². The summed E-state index contributed by atoms with van der Waals surface area (Å²) in [6.45, 7) is 0. The predicted octanol–water partition coefficient (Wildman–Crippen LogP) is 2.38. The number of phenolic OH excluding ortho intramolecular Hbond substituents is 1. The molecule has 200 valence electrons. The summed E-state index contributed by atoms with van der Waals surface area (Å²) >= 11 is 0. The van der Waals surface area contributed by atoms with Crippen molar-refractivity contribution in [2.75, 3.05) is 14.1 Å². The first-order valence-electron chi connectivity index (χ1n) is 12.4. The van der Waals surface area contributed by atoms with Gasteiger partial charge in [0.15, 0.2) is 11.4 Å². The third kappa shape index (κ3) is 3.25. The second-order valence-corrected chi connectivity index (χ2v) is 10.6. The number of phenols is 1. The molecule has 1 aromatic heterocycles. The zero-order chi connectivity index (χ0) is 28.0. The Morgan fingerprint density at radius 3 is 2.49 bits per heavy atom. The molecule has 0 aliphatic heterocycles. The van der Waals surface area contributed by atoms with Gasteiger partial charge in [0, 0.05) is 22.4 Å². The number of furan rings is 1. The smallest absolute Gasteiger partial charge is 0.255 e. The number of aliphatic hydroxyl groups is 3. The number of benzene rings is 2. The monoisotopic (exact) mass is 530 g/mol. The molecule has 4 atom stereocenters. The molecule has 3 aliphatic carbocycles. The first-order valence-corrected chi connectivity index (χ1v) is 12.4. The molecule has 3 aromatic rings. The Balaban J connectivity index is 1.56. The lowest BCUT2D eigenvalue weighted by Crippen LogP contribution is -2.65. The number of hydrogen-bond donors (Lipinski definition) is 5. The van der Waals surface area contributed by atoms with Crippen molar-refractivity contribution >= 4 is 34.2 Å². The third-order valence-corrected chi connectivity index (χ3v) is 8.30. The minimum absolute atomic E-state index is 0.0149. The molecule has 39 heavy (non-hydrogen) atoms.